The molecule has 3 rings (SSSR count). The van der Waals surface area contributed by atoms with Gasteiger partial charge >= 0.3 is 0 Å². The topological polar surface area (TPSA) is 51.6 Å². The molecule has 0 spiro atoms. The Morgan fingerprint density at radius 1 is 1.29 bits per heavy atom. The van der Waals surface area contributed by atoms with Gasteiger partial charge in [0.2, 0.25) is 5.88 Å². The van der Waals surface area contributed by atoms with Gasteiger partial charge in [-0.05, 0) is 39.0 Å². The van der Waals surface area contributed by atoms with Crippen LogP contribution in [0.2, 0.25) is 0 Å². The Labute approximate surface area is 124 Å². The summed E-state index contributed by atoms with van der Waals surface area (Å²) in [6.07, 6.45) is 1.86. The van der Waals surface area contributed by atoms with E-state index >= 15 is 0 Å². The summed E-state index contributed by atoms with van der Waals surface area (Å²) in [5.41, 5.74) is 1.57. The molecular weight excluding hydrogens is 266 g/mol. The second-order valence-electron chi connectivity index (χ2n) is 5.96. The van der Waals surface area contributed by atoms with Crippen LogP contribution in [0.25, 0.3) is 0 Å². The number of pyridine rings is 1. The quantitative estimate of drug-likeness (QED) is 0.935. The second kappa shape index (κ2) is 5.04. The second-order valence-corrected chi connectivity index (χ2v) is 5.96. The number of hydrogen-bond acceptors (Lipinski definition) is 4. The summed E-state index contributed by atoms with van der Waals surface area (Å²) in [6.45, 7) is 5.80. The third-order valence-electron chi connectivity index (χ3n) is 3.51. The predicted octanol–water partition coefficient (Wildman–Crippen LogP) is 3.64. The molecule has 0 bridgehead atoms. The maximum absolute atomic E-state index is 9.81. The van der Waals surface area contributed by atoms with E-state index in [2.05, 4.69) is 18.8 Å². The first-order valence-corrected chi connectivity index (χ1v) is 7.08. The minimum absolute atomic E-state index is 0.223. The number of aliphatic hydroxyl groups excluding tert-OH is 1. The van der Waals surface area contributed by atoms with Crippen LogP contribution in [0.4, 0.5) is 0 Å². The molecule has 4 nitrogen and oxygen atoms in total. The van der Waals surface area contributed by atoms with Crippen molar-refractivity contribution in [2.75, 3.05) is 0 Å². The van der Waals surface area contributed by atoms with E-state index in [1.165, 1.54) is 0 Å². The SMILES string of the molecule is C[C@H](O)c1cccnc1Oc1cccc2c1OC(C)(C)C2. The first-order valence-electron chi connectivity index (χ1n) is 7.08. The van der Waals surface area contributed by atoms with Crippen LogP contribution in [-0.4, -0.2) is 15.7 Å². The fourth-order valence-corrected chi connectivity index (χ4v) is 2.58. The van der Waals surface area contributed by atoms with Gasteiger partial charge in [0.25, 0.3) is 0 Å². The molecule has 0 saturated carbocycles. The van der Waals surface area contributed by atoms with Gasteiger partial charge in [-0.25, -0.2) is 4.98 Å². The molecule has 1 aromatic carbocycles. The number of nitrogens with zero attached hydrogens (tertiary/aromatic N) is 1. The fourth-order valence-electron chi connectivity index (χ4n) is 2.58. The van der Waals surface area contributed by atoms with Gasteiger partial charge in [-0.2, -0.15) is 0 Å². The van der Waals surface area contributed by atoms with Crippen molar-refractivity contribution < 1.29 is 14.6 Å². The van der Waals surface area contributed by atoms with Crippen LogP contribution in [0.3, 0.4) is 0 Å². The van der Waals surface area contributed by atoms with E-state index in [4.69, 9.17) is 9.47 Å². The standard InChI is InChI=1S/C17H19NO3/c1-11(19)13-7-5-9-18-16(13)20-14-8-4-6-12-10-17(2,3)21-15(12)14/h4-9,11,19H,10H2,1-3H3/t11-/m0/s1. The fraction of sp³-hybridized carbons (Fsp3) is 0.353. The highest BCUT2D eigenvalue weighted by molar-refractivity contribution is 5.51. The molecule has 0 saturated heterocycles. The van der Waals surface area contributed by atoms with Crippen LogP contribution in [0, 0.1) is 0 Å². The summed E-state index contributed by atoms with van der Waals surface area (Å²) in [6, 6.07) is 9.44. The molecule has 0 amide bonds. The zero-order valence-electron chi connectivity index (χ0n) is 12.5. The molecule has 0 unspecified atom stereocenters. The van der Waals surface area contributed by atoms with Crippen LogP contribution >= 0.6 is 0 Å². The van der Waals surface area contributed by atoms with Gasteiger partial charge in [-0.3, -0.25) is 0 Å². The van der Waals surface area contributed by atoms with Crippen LogP contribution in [0.15, 0.2) is 36.5 Å². The average molecular weight is 285 g/mol. The lowest BCUT2D eigenvalue weighted by atomic mass is 10.0. The van der Waals surface area contributed by atoms with Crippen LogP contribution in [0.1, 0.15) is 38.0 Å². The van der Waals surface area contributed by atoms with Gasteiger partial charge in [-0.1, -0.05) is 12.1 Å². The molecule has 1 aliphatic heterocycles. The molecule has 2 aromatic rings. The van der Waals surface area contributed by atoms with E-state index < -0.39 is 6.10 Å². The third-order valence-corrected chi connectivity index (χ3v) is 3.51. The monoisotopic (exact) mass is 285 g/mol. The summed E-state index contributed by atoms with van der Waals surface area (Å²) in [7, 11) is 0. The van der Waals surface area contributed by atoms with Crippen molar-refractivity contribution in [3.63, 3.8) is 0 Å². The van der Waals surface area contributed by atoms with E-state index in [9.17, 15) is 5.11 Å². The number of hydrogen-bond donors (Lipinski definition) is 1. The van der Waals surface area contributed by atoms with E-state index in [1.54, 1.807) is 25.3 Å². The normalized spacial score (nSPS) is 17.0. The number of fused-ring (bicyclic) bond motifs is 1. The highest BCUT2D eigenvalue weighted by Crippen LogP contribution is 2.43. The summed E-state index contributed by atoms with van der Waals surface area (Å²) in [5, 5.41) is 9.81. The molecule has 2 heterocycles. The van der Waals surface area contributed by atoms with Crippen molar-refractivity contribution in [3.8, 4) is 17.4 Å². The summed E-state index contributed by atoms with van der Waals surface area (Å²) in [5.74, 6) is 1.82. The smallest absolute Gasteiger partial charge is 0.225 e. The van der Waals surface area contributed by atoms with Crippen LogP contribution < -0.4 is 9.47 Å². The molecular formula is C17H19NO3. The van der Waals surface area contributed by atoms with Crippen molar-refractivity contribution in [1.82, 2.24) is 4.98 Å². The third kappa shape index (κ3) is 2.72. The lowest BCUT2D eigenvalue weighted by molar-refractivity contribution is 0.134. The molecule has 110 valence electrons. The largest absolute Gasteiger partial charge is 0.483 e. The van der Waals surface area contributed by atoms with E-state index in [1.807, 2.05) is 18.2 Å². The minimum atomic E-state index is -0.636. The predicted molar refractivity (Wildman–Crippen MR) is 79.8 cm³/mol. The lowest BCUT2D eigenvalue weighted by Gasteiger charge is -2.18. The zero-order chi connectivity index (χ0) is 15.0. The maximum atomic E-state index is 9.81. The number of aromatic nitrogens is 1. The zero-order valence-corrected chi connectivity index (χ0v) is 12.5. The number of para-hydroxylation sites is 1. The average Bonchev–Trinajstić information content (AvgIpc) is 2.74. The highest BCUT2D eigenvalue weighted by atomic mass is 16.5. The molecule has 1 N–H and O–H groups in total. The van der Waals surface area contributed by atoms with Crippen molar-refractivity contribution in [1.29, 1.82) is 0 Å². The number of rotatable bonds is 3. The Balaban J connectivity index is 1.97. The van der Waals surface area contributed by atoms with Gasteiger partial charge in [0.1, 0.15) is 5.60 Å². The van der Waals surface area contributed by atoms with Crippen LogP contribution in [0.5, 0.6) is 17.4 Å². The summed E-state index contributed by atoms with van der Waals surface area (Å²) < 4.78 is 11.9. The molecule has 1 atom stereocenters. The Kier molecular flexibility index (Phi) is 3.33. The van der Waals surface area contributed by atoms with Gasteiger partial charge in [0.05, 0.1) is 6.10 Å². The van der Waals surface area contributed by atoms with E-state index in [0.29, 0.717) is 17.2 Å². The first kappa shape index (κ1) is 13.9. The Morgan fingerprint density at radius 3 is 2.86 bits per heavy atom. The molecule has 1 aliphatic rings. The number of ether oxygens (including phenoxy) is 2. The van der Waals surface area contributed by atoms with Crippen molar-refractivity contribution >= 4 is 0 Å². The van der Waals surface area contributed by atoms with Gasteiger partial charge < -0.3 is 14.6 Å². The van der Waals surface area contributed by atoms with E-state index in [0.717, 1.165) is 17.7 Å². The van der Waals surface area contributed by atoms with Crippen molar-refractivity contribution in [2.24, 2.45) is 0 Å². The molecule has 21 heavy (non-hydrogen) atoms. The van der Waals surface area contributed by atoms with Gasteiger partial charge in [-0.15, -0.1) is 0 Å². The van der Waals surface area contributed by atoms with Crippen molar-refractivity contribution in [3.05, 3.63) is 47.7 Å². The minimum Gasteiger partial charge on any atom is -0.483 e. The van der Waals surface area contributed by atoms with Gasteiger partial charge in [0.15, 0.2) is 11.5 Å². The molecule has 0 radical (unpaired) electrons. The summed E-state index contributed by atoms with van der Waals surface area (Å²) >= 11 is 0. The summed E-state index contributed by atoms with van der Waals surface area (Å²) in [4.78, 5) is 4.22. The highest BCUT2D eigenvalue weighted by Gasteiger charge is 2.32. The molecule has 1 aromatic heterocycles. The lowest BCUT2D eigenvalue weighted by Crippen LogP contribution is -2.24. The Bertz CT molecular complexity index is 665. The van der Waals surface area contributed by atoms with E-state index in [-0.39, 0.29) is 5.60 Å². The number of aliphatic hydroxyl groups is 1. The first-order chi connectivity index (χ1) is 9.96. The molecule has 0 fully saturated rings. The Morgan fingerprint density at radius 2 is 2.10 bits per heavy atom. The molecule has 0 aliphatic carbocycles. The molecule has 4 heteroatoms. The van der Waals surface area contributed by atoms with Gasteiger partial charge in [0, 0.05) is 23.7 Å². The van der Waals surface area contributed by atoms with Crippen LogP contribution in [-0.2, 0) is 6.42 Å². The maximum Gasteiger partial charge on any atom is 0.225 e. The van der Waals surface area contributed by atoms with Crippen molar-refractivity contribution in [2.45, 2.75) is 38.9 Å². The number of benzene rings is 1. The Hall–Kier alpha value is -2.07.